The van der Waals surface area contributed by atoms with E-state index in [1.807, 2.05) is 6.08 Å². The van der Waals surface area contributed by atoms with Gasteiger partial charge in [0.15, 0.2) is 5.76 Å². The van der Waals surface area contributed by atoms with E-state index in [1.54, 1.807) is 11.3 Å². The van der Waals surface area contributed by atoms with Crippen LogP contribution in [0.5, 0.6) is 0 Å². The molecule has 1 aromatic rings. The van der Waals surface area contributed by atoms with Crippen LogP contribution >= 0.6 is 11.3 Å². The highest BCUT2D eigenvalue weighted by atomic mass is 32.1. The summed E-state index contributed by atoms with van der Waals surface area (Å²) in [5.74, 6) is 0.990. The van der Waals surface area contributed by atoms with Gasteiger partial charge in [-0.1, -0.05) is 5.57 Å². The number of hydrogen-bond acceptors (Lipinski definition) is 4. The lowest BCUT2D eigenvalue weighted by Crippen LogP contribution is -2.44. The Bertz CT molecular complexity index is 587. The molecule has 0 bridgehead atoms. The molecule has 0 aromatic carbocycles. The van der Waals surface area contributed by atoms with E-state index < -0.39 is 0 Å². The van der Waals surface area contributed by atoms with E-state index in [2.05, 4.69) is 16.1 Å². The molecular weight excluding hydrogens is 258 g/mol. The van der Waals surface area contributed by atoms with Crippen molar-refractivity contribution < 1.29 is 10.2 Å². The van der Waals surface area contributed by atoms with Crippen LogP contribution in [0.3, 0.4) is 0 Å². The van der Waals surface area contributed by atoms with Crippen molar-refractivity contribution in [1.29, 1.82) is 0 Å². The van der Waals surface area contributed by atoms with Crippen LogP contribution in [0, 0.1) is 5.92 Å². The van der Waals surface area contributed by atoms with Crippen molar-refractivity contribution in [2.24, 2.45) is 5.92 Å². The van der Waals surface area contributed by atoms with Gasteiger partial charge in [0.25, 0.3) is 0 Å². The maximum absolute atomic E-state index is 9.84. The predicted octanol–water partition coefficient (Wildman–Crippen LogP) is 3.37. The Balaban J connectivity index is 1.82. The molecule has 1 unspecified atom stereocenters. The number of hydrogen-bond donors (Lipinski definition) is 3. The first-order valence-corrected chi connectivity index (χ1v) is 7.79. The van der Waals surface area contributed by atoms with Gasteiger partial charge in [-0.2, -0.15) is 11.3 Å². The van der Waals surface area contributed by atoms with E-state index in [4.69, 9.17) is 0 Å². The molecule has 1 fully saturated rings. The molecule has 3 aliphatic rings. The molecule has 2 aliphatic carbocycles. The van der Waals surface area contributed by atoms with Gasteiger partial charge < -0.3 is 15.5 Å². The fourth-order valence-electron chi connectivity index (χ4n) is 3.81. The average molecular weight is 275 g/mol. The van der Waals surface area contributed by atoms with E-state index in [9.17, 15) is 10.2 Å². The lowest BCUT2D eigenvalue weighted by Gasteiger charge is -2.43. The Kier molecular flexibility index (Phi) is 2.50. The van der Waals surface area contributed by atoms with Gasteiger partial charge in [0.1, 0.15) is 5.76 Å². The number of nitrogens with one attached hydrogen (secondary N) is 1. The Labute approximate surface area is 116 Å². The Morgan fingerprint density at radius 1 is 1.21 bits per heavy atom. The lowest BCUT2D eigenvalue weighted by molar-refractivity contribution is 0.254. The van der Waals surface area contributed by atoms with Crippen LogP contribution in [0.15, 0.2) is 33.9 Å². The van der Waals surface area contributed by atoms with Crippen LogP contribution in [0.25, 0.3) is 0 Å². The Morgan fingerprint density at radius 2 is 2.11 bits per heavy atom. The lowest BCUT2D eigenvalue weighted by atomic mass is 9.67. The van der Waals surface area contributed by atoms with Crippen molar-refractivity contribution in [1.82, 2.24) is 5.32 Å². The summed E-state index contributed by atoms with van der Waals surface area (Å²) >= 11 is 1.76. The minimum atomic E-state index is 0.0641. The van der Waals surface area contributed by atoms with Gasteiger partial charge in [-0.25, -0.2) is 0 Å². The summed E-state index contributed by atoms with van der Waals surface area (Å²) in [4.78, 5) is 0. The van der Waals surface area contributed by atoms with E-state index in [1.165, 1.54) is 16.7 Å². The molecule has 1 saturated carbocycles. The van der Waals surface area contributed by atoms with Crippen LogP contribution in [0.1, 0.15) is 36.3 Å². The minimum Gasteiger partial charge on any atom is -0.508 e. The van der Waals surface area contributed by atoms with Gasteiger partial charge in [0.2, 0.25) is 0 Å². The first-order chi connectivity index (χ1) is 9.24. The topological polar surface area (TPSA) is 52.5 Å². The summed E-state index contributed by atoms with van der Waals surface area (Å²) in [6.45, 7) is 0.963. The van der Waals surface area contributed by atoms with E-state index in [-0.39, 0.29) is 11.5 Å². The Morgan fingerprint density at radius 3 is 3.00 bits per heavy atom. The number of aliphatic hydroxyl groups excluding tert-OH is 2. The zero-order chi connectivity index (χ0) is 13.0. The summed E-state index contributed by atoms with van der Waals surface area (Å²) in [7, 11) is 0. The maximum Gasteiger partial charge on any atom is 0.152 e. The van der Waals surface area contributed by atoms with Crippen molar-refractivity contribution >= 4 is 11.3 Å². The number of rotatable bonds is 0. The third-order valence-electron chi connectivity index (χ3n) is 4.76. The smallest absolute Gasteiger partial charge is 0.152 e. The van der Waals surface area contributed by atoms with Gasteiger partial charge in [0, 0.05) is 24.9 Å². The third kappa shape index (κ3) is 1.66. The summed E-state index contributed by atoms with van der Waals surface area (Å²) in [5, 5.41) is 27.7. The largest absolute Gasteiger partial charge is 0.508 e. The second kappa shape index (κ2) is 4.12. The summed E-state index contributed by atoms with van der Waals surface area (Å²) in [6, 6.07) is 0.484. The molecule has 1 aromatic heterocycles. The second-order valence-corrected chi connectivity index (χ2v) is 6.52. The molecule has 1 aliphatic heterocycles. The van der Waals surface area contributed by atoms with Gasteiger partial charge in [-0.15, -0.1) is 0 Å². The zero-order valence-corrected chi connectivity index (χ0v) is 11.4. The molecule has 3 atom stereocenters. The molecule has 0 amide bonds. The molecule has 0 radical (unpaired) electrons. The molecule has 2 heterocycles. The third-order valence-corrected chi connectivity index (χ3v) is 5.57. The molecule has 3 N–H and O–H groups in total. The van der Waals surface area contributed by atoms with E-state index in [0.29, 0.717) is 24.3 Å². The monoisotopic (exact) mass is 275 g/mol. The van der Waals surface area contributed by atoms with Crippen LogP contribution < -0.4 is 5.32 Å². The number of allylic oxidation sites excluding steroid dienone is 2. The predicted molar refractivity (Wildman–Crippen MR) is 75.4 cm³/mol. The number of fused-ring (bicyclic) bond motifs is 5. The molecule has 4 rings (SSSR count). The van der Waals surface area contributed by atoms with Crippen molar-refractivity contribution in [3.05, 3.63) is 45.1 Å². The fourth-order valence-corrected chi connectivity index (χ4v) is 4.71. The van der Waals surface area contributed by atoms with E-state index >= 15 is 0 Å². The van der Waals surface area contributed by atoms with Crippen LogP contribution in [0.4, 0.5) is 0 Å². The van der Waals surface area contributed by atoms with Crippen molar-refractivity contribution in [2.75, 3.05) is 0 Å². The molecule has 19 heavy (non-hydrogen) atoms. The molecule has 3 nitrogen and oxygen atoms in total. The summed E-state index contributed by atoms with van der Waals surface area (Å²) in [6.07, 6.45) is 4.65. The fraction of sp³-hybridized carbons (Fsp3) is 0.467. The molecule has 100 valence electrons. The SMILES string of the molecule is OC1=C(O)CC2CC[C@@H]3NCc4cscc4[C@H]3C2=C1. The summed E-state index contributed by atoms with van der Waals surface area (Å²) in [5.41, 5.74) is 4.13. The average Bonchev–Trinajstić information content (AvgIpc) is 2.88. The van der Waals surface area contributed by atoms with Gasteiger partial charge in [-0.3, -0.25) is 0 Å². The van der Waals surface area contributed by atoms with Crippen LogP contribution in [-0.4, -0.2) is 16.3 Å². The normalized spacial score (nSPS) is 33.3. The molecule has 0 saturated heterocycles. The van der Waals surface area contributed by atoms with E-state index in [0.717, 1.165) is 19.4 Å². The number of aliphatic hydroxyl groups is 2. The van der Waals surface area contributed by atoms with Gasteiger partial charge >= 0.3 is 0 Å². The first kappa shape index (κ1) is 11.6. The Hall–Kier alpha value is -1.26. The highest BCUT2D eigenvalue weighted by molar-refractivity contribution is 7.08. The molecule has 0 spiro atoms. The van der Waals surface area contributed by atoms with Crippen LogP contribution in [0.2, 0.25) is 0 Å². The van der Waals surface area contributed by atoms with Crippen molar-refractivity contribution in [2.45, 2.75) is 37.8 Å². The highest BCUT2D eigenvalue weighted by Crippen LogP contribution is 2.48. The number of thiophene rings is 1. The standard InChI is InChI=1S/C15H17NO2S/c17-13-3-8-1-2-12-15(10(8)4-14(13)18)11-7-19-6-9(11)5-16-12/h4,6-8,12,15-18H,1-3,5H2/t8?,12-,15+/m0/s1. The van der Waals surface area contributed by atoms with Crippen molar-refractivity contribution in [3.63, 3.8) is 0 Å². The van der Waals surface area contributed by atoms with Crippen LogP contribution in [-0.2, 0) is 6.54 Å². The highest BCUT2D eigenvalue weighted by Gasteiger charge is 2.41. The van der Waals surface area contributed by atoms with Gasteiger partial charge in [0.05, 0.1) is 0 Å². The minimum absolute atomic E-state index is 0.0641. The quantitative estimate of drug-likeness (QED) is 0.680. The van der Waals surface area contributed by atoms with Crippen molar-refractivity contribution in [3.8, 4) is 0 Å². The zero-order valence-electron chi connectivity index (χ0n) is 10.6. The first-order valence-electron chi connectivity index (χ1n) is 6.85. The summed E-state index contributed by atoms with van der Waals surface area (Å²) < 4.78 is 0. The maximum atomic E-state index is 9.84. The van der Waals surface area contributed by atoms with Gasteiger partial charge in [-0.05, 0) is 46.7 Å². The molecular formula is C15H17NO2S. The molecule has 4 heteroatoms. The second-order valence-electron chi connectivity index (χ2n) is 5.77.